The Morgan fingerprint density at radius 3 is 2.10 bits per heavy atom. The third-order valence-corrected chi connectivity index (χ3v) is 3.90. The van der Waals surface area contributed by atoms with Gasteiger partial charge in [-0.05, 0) is 17.5 Å². The number of halogens is 1. The van der Waals surface area contributed by atoms with Crippen LogP contribution < -0.4 is 0 Å². The van der Waals surface area contributed by atoms with Crippen LogP contribution in [0.15, 0.2) is 48.5 Å². The highest BCUT2D eigenvalue weighted by Crippen LogP contribution is 2.50. The van der Waals surface area contributed by atoms with Gasteiger partial charge in [0.15, 0.2) is 0 Å². The first-order valence-electron chi connectivity index (χ1n) is 7.25. The molecule has 1 aliphatic rings. The molecule has 0 heterocycles. The molecule has 0 aliphatic heterocycles. The number of hydrogen-bond donors (Lipinski definition) is 0. The highest BCUT2D eigenvalue weighted by molar-refractivity contribution is 5.96. The standard InChI is InChI=1S/C18H17FO2/c1-2-3-12-21-17(20)18(19)15-10-6-4-8-13(15)14-9-5-7-11-16(14)18/h4-11H,2-3,12H2,1H3. The second-order valence-electron chi connectivity index (χ2n) is 5.24. The largest absolute Gasteiger partial charge is 0.463 e. The first-order chi connectivity index (χ1) is 10.2. The fraction of sp³-hybridized carbons (Fsp3) is 0.278. The maximum absolute atomic E-state index is 15.6. The third kappa shape index (κ3) is 2.04. The van der Waals surface area contributed by atoms with E-state index >= 15 is 4.39 Å². The molecular weight excluding hydrogens is 267 g/mol. The van der Waals surface area contributed by atoms with E-state index in [0.29, 0.717) is 11.1 Å². The van der Waals surface area contributed by atoms with Crippen molar-refractivity contribution in [3.63, 3.8) is 0 Å². The first-order valence-corrected chi connectivity index (χ1v) is 7.25. The maximum Gasteiger partial charge on any atom is 0.353 e. The van der Waals surface area contributed by atoms with E-state index in [1.165, 1.54) is 0 Å². The van der Waals surface area contributed by atoms with Crippen LogP contribution in [0, 0.1) is 0 Å². The molecule has 2 aromatic rings. The Bertz CT molecular complexity index is 633. The Balaban J connectivity index is 2.07. The Morgan fingerprint density at radius 2 is 1.57 bits per heavy atom. The zero-order chi connectivity index (χ0) is 14.9. The molecule has 3 rings (SSSR count). The summed E-state index contributed by atoms with van der Waals surface area (Å²) < 4.78 is 20.8. The minimum absolute atomic E-state index is 0.255. The van der Waals surface area contributed by atoms with E-state index in [0.717, 1.165) is 24.0 Å². The van der Waals surface area contributed by atoms with Crippen LogP contribution in [0.1, 0.15) is 30.9 Å². The number of unbranched alkanes of at least 4 members (excludes halogenated alkanes) is 1. The Morgan fingerprint density at radius 1 is 1.05 bits per heavy atom. The topological polar surface area (TPSA) is 26.3 Å². The number of benzene rings is 2. The van der Waals surface area contributed by atoms with Gasteiger partial charge in [0.25, 0.3) is 5.67 Å². The third-order valence-electron chi connectivity index (χ3n) is 3.90. The fourth-order valence-electron chi connectivity index (χ4n) is 2.81. The van der Waals surface area contributed by atoms with Gasteiger partial charge in [0.2, 0.25) is 0 Å². The molecule has 0 radical (unpaired) electrons. The van der Waals surface area contributed by atoms with E-state index in [-0.39, 0.29) is 6.61 Å². The van der Waals surface area contributed by atoms with Crippen molar-refractivity contribution in [1.82, 2.24) is 0 Å². The number of fused-ring (bicyclic) bond motifs is 3. The monoisotopic (exact) mass is 284 g/mol. The van der Waals surface area contributed by atoms with E-state index in [4.69, 9.17) is 4.74 Å². The van der Waals surface area contributed by atoms with E-state index in [9.17, 15) is 4.79 Å². The van der Waals surface area contributed by atoms with E-state index in [2.05, 4.69) is 0 Å². The lowest BCUT2D eigenvalue weighted by molar-refractivity contribution is -0.155. The summed E-state index contributed by atoms with van der Waals surface area (Å²) in [6.07, 6.45) is 1.64. The van der Waals surface area contributed by atoms with Crippen LogP contribution in [0.5, 0.6) is 0 Å². The van der Waals surface area contributed by atoms with Crippen LogP contribution in [-0.4, -0.2) is 12.6 Å². The van der Waals surface area contributed by atoms with Crippen molar-refractivity contribution in [2.75, 3.05) is 6.61 Å². The molecule has 0 amide bonds. The van der Waals surface area contributed by atoms with Gasteiger partial charge in [0.1, 0.15) is 0 Å². The zero-order valence-electron chi connectivity index (χ0n) is 11.9. The van der Waals surface area contributed by atoms with Gasteiger partial charge in [-0.1, -0.05) is 61.9 Å². The summed E-state index contributed by atoms with van der Waals surface area (Å²) in [7, 11) is 0. The fourth-order valence-corrected chi connectivity index (χ4v) is 2.81. The van der Waals surface area contributed by atoms with E-state index < -0.39 is 11.6 Å². The molecule has 0 saturated carbocycles. The molecule has 0 bridgehead atoms. The molecule has 0 N–H and O–H groups in total. The van der Waals surface area contributed by atoms with Crippen LogP contribution >= 0.6 is 0 Å². The average molecular weight is 284 g/mol. The highest BCUT2D eigenvalue weighted by Gasteiger charge is 2.51. The predicted molar refractivity (Wildman–Crippen MR) is 79.6 cm³/mol. The SMILES string of the molecule is CCCCOC(=O)C1(F)c2ccccc2-c2ccccc21. The second-order valence-corrected chi connectivity index (χ2v) is 5.24. The predicted octanol–water partition coefficient (Wildman–Crippen LogP) is 4.22. The van der Waals surface area contributed by atoms with Gasteiger partial charge < -0.3 is 4.74 Å². The van der Waals surface area contributed by atoms with Crippen LogP contribution in [0.4, 0.5) is 4.39 Å². The Kier molecular flexibility index (Phi) is 3.50. The van der Waals surface area contributed by atoms with Crippen molar-refractivity contribution in [2.45, 2.75) is 25.4 Å². The van der Waals surface area contributed by atoms with Gasteiger partial charge in [0.05, 0.1) is 6.61 Å². The number of esters is 1. The molecule has 3 heteroatoms. The molecule has 0 saturated heterocycles. The Labute approximate surface area is 123 Å². The summed E-state index contributed by atoms with van der Waals surface area (Å²) in [5.74, 6) is -0.812. The first kappa shape index (κ1) is 13.8. The molecule has 0 aromatic heterocycles. The molecule has 2 nitrogen and oxygen atoms in total. The van der Waals surface area contributed by atoms with Gasteiger partial charge in [-0.2, -0.15) is 0 Å². The minimum Gasteiger partial charge on any atom is -0.463 e. The van der Waals surface area contributed by atoms with Crippen LogP contribution in [0.25, 0.3) is 11.1 Å². The molecule has 0 unspecified atom stereocenters. The van der Waals surface area contributed by atoms with Crippen molar-refractivity contribution < 1.29 is 13.9 Å². The summed E-state index contributed by atoms with van der Waals surface area (Å²) in [4.78, 5) is 12.4. The van der Waals surface area contributed by atoms with Crippen molar-refractivity contribution in [3.05, 3.63) is 59.7 Å². The van der Waals surface area contributed by atoms with Gasteiger partial charge in [0, 0.05) is 11.1 Å². The molecule has 2 aromatic carbocycles. The van der Waals surface area contributed by atoms with E-state index in [1.54, 1.807) is 24.3 Å². The van der Waals surface area contributed by atoms with Crippen LogP contribution in [0.3, 0.4) is 0 Å². The van der Waals surface area contributed by atoms with Crippen molar-refractivity contribution in [3.8, 4) is 11.1 Å². The zero-order valence-corrected chi connectivity index (χ0v) is 11.9. The smallest absolute Gasteiger partial charge is 0.353 e. The van der Waals surface area contributed by atoms with Gasteiger partial charge in [-0.25, -0.2) is 9.18 Å². The number of carbonyl (C=O) groups excluding carboxylic acids is 1. The molecule has 0 atom stereocenters. The summed E-state index contributed by atoms with van der Waals surface area (Å²) in [6.45, 7) is 2.25. The van der Waals surface area contributed by atoms with Crippen LogP contribution in [-0.2, 0) is 15.2 Å². The summed E-state index contributed by atoms with van der Waals surface area (Å²) in [6, 6.07) is 14.2. The van der Waals surface area contributed by atoms with Crippen molar-refractivity contribution in [2.24, 2.45) is 0 Å². The maximum atomic E-state index is 15.6. The average Bonchev–Trinajstić information content (AvgIpc) is 2.79. The molecule has 0 spiro atoms. The number of alkyl halides is 1. The molecule has 21 heavy (non-hydrogen) atoms. The number of carbonyl (C=O) groups is 1. The minimum atomic E-state index is -2.19. The van der Waals surface area contributed by atoms with Crippen molar-refractivity contribution >= 4 is 5.97 Å². The summed E-state index contributed by atoms with van der Waals surface area (Å²) in [5.41, 5.74) is 0.104. The second kappa shape index (κ2) is 5.32. The molecule has 108 valence electrons. The molecule has 1 aliphatic carbocycles. The summed E-state index contributed by atoms with van der Waals surface area (Å²) >= 11 is 0. The van der Waals surface area contributed by atoms with Gasteiger partial charge >= 0.3 is 5.97 Å². The number of rotatable bonds is 4. The quantitative estimate of drug-likeness (QED) is 0.620. The lowest BCUT2D eigenvalue weighted by Crippen LogP contribution is -2.32. The number of hydrogen-bond acceptors (Lipinski definition) is 2. The number of ether oxygens (including phenoxy) is 1. The molecule has 0 fully saturated rings. The lowest BCUT2D eigenvalue weighted by Gasteiger charge is -2.20. The molecular formula is C18H17FO2. The van der Waals surface area contributed by atoms with Gasteiger partial charge in [-0.3, -0.25) is 0 Å². The van der Waals surface area contributed by atoms with Crippen LogP contribution in [0.2, 0.25) is 0 Å². The van der Waals surface area contributed by atoms with E-state index in [1.807, 2.05) is 31.2 Å². The normalized spacial score (nSPS) is 14.4. The van der Waals surface area contributed by atoms with Gasteiger partial charge in [-0.15, -0.1) is 0 Å². The highest BCUT2D eigenvalue weighted by atomic mass is 19.1. The Hall–Kier alpha value is -2.16. The summed E-state index contributed by atoms with van der Waals surface area (Å²) in [5, 5.41) is 0. The lowest BCUT2D eigenvalue weighted by atomic mass is 9.93. The van der Waals surface area contributed by atoms with Crippen molar-refractivity contribution in [1.29, 1.82) is 0 Å².